The number of halogens is 1. The maximum absolute atomic E-state index is 12.3. The topological polar surface area (TPSA) is 58.2 Å². The molecule has 4 nitrogen and oxygen atoms in total. The molecule has 0 aromatic heterocycles. The zero-order valence-electron chi connectivity index (χ0n) is 12.1. The Hall–Kier alpha value is -1.39. The van der Waals surface area contributed by atoms with Crippen LogP contribution in [0.1, 0.15) is 36.5 Å². The molecule has 1 spiro atoms. The molecule has 5 heteroatoms. The summed E-state index contributed by atoms with van der Waals surface area (Å²) in [5.41, 5.74) is 1.60. The van der Waals surface area contributed by atoms with Crippen LogP contribution in [0.15, 0.2) is 24.3 Å². The number of Topliss-reactive ketones (excluding diaryl/α,β-unsaturated/α-hetero) is 1. The summed E-state index contributed by atoms with van der Waals surface area (Å²) < 4.78 is 0. The normalized spacial score (nSPS) is 22.2. The Labute approximate surface area is 131 Å². The molecular weight excluding hydrogens is 288 g/mol. The molecule has 1 atom stereocenters. The zero-order chi connectivity index (χ0) is 14.2. The molecule has 1 saturated carbocycles. The van der Waals surface area contributed by atoms with Gasteiger partial charge in [0.05, 0.1) is 0 Å². The summed E-state index contributed by atoms with van der Waals surface area (Å²) in [6.45, 7) is 3.57. The molecule has 1 aromatic rings. The van der Waals surface area contributed by atoms with Gasteiger partial charge in [0.1, 0.15) is 0 Å². The maximum atomic E-state index is 12.3. The van der Waals surface area contributed by atoms with E-state index in [1.165, 1.54) is 6.92 Å². The van der Waals surface area contributed by atoms with E-state index in [4.69, 9.17) is 0 Å². The third kappa shape index (κ3) is 3.27. The Morgan fingerprint density at radius 3 is 2.67 bits per heavy atom. The van der Waals surface area contributed by atoms with E-state index < -0.39 is 0 Å². The smallest absolute Gasteiger partial charge is 0.228 e. The van der Waals surface area contributed by atoms with Gasteiger partial charge in [-0.25, -0.2) is 0 Å². The van der Waals surface area contributed by atoms with Crippen LogP contribution in [-0.2, 0) is 4.79 Å². The van der Waals surface area contributed by atoms with Crippen molar-refractivity contribution < 1.29 is 9.59 Å². The first kappa shape index (κ1) is 16.0. The van der Waals surface area contributed by atoms with E-state index in [9.17, 15) is 9.59 Å². The molecule has 1 aliphatic heterocycles. The molecule has 2 fully saturated rings. The van der Waals surface area contributed by atoms with Crippen LogP contribution in [0.3, 0.4) is 0 Å². The molecule has 1 aromatic carbocycles. The molecule has 1 aliphatic carbocycles. The molecule has 114 valence electrons. The molecule has 1 saturated heterocycles. The average Bonchev–Trinajstić information content (AvgIpc) is 3.13. The molecule has 2 aliphatic rings. The minimum atomic E-state index is 0. The number of ketones is 1. The molecule has 3 rings (SSSR count). The lowest BCUT2D eigenvalue weighted by Crippen LogP contribution is -2.31. The van der Waals surface area contributed by atoms with Crippen LogP contribution in [0.2, 0.25) is 0 Å². The van der Waals surface area contributed by atoms with Gasteiger partial charge in [-0.15, -0.1) is 12.4 Å². The summed E-state index contributed by atoms with van der Waals surface area (Å²) in [7, 11) is 0. The molecule has 1 amide bonds. The highest BCUT2D eigenvalue weighted by atomic mass is 35.5. The van der Waals surface area contributed by atoms with E-state index in [-0.39, 0.29) is 35.4 Å². The van der Waals surface area contributed by atoms with Gasteiger partial charge in [-0.05, 0) is 56.8 Å². The van der Waals surface area contributed by atoms with Gasteiger partial charge in [0.15, 0.2) is 5.78 Å². The fourth-order valence-corrected chi connectivity index (χ4v) is 3.24. The van der Waals surface area contributed by atoms with Crippen molar-refractivity contribution in [2.24, 2.45) is 11.3 Å². The number of rotatable bonds is 3. The van der Waals surface area contributed by atoms with E-state index in [2.05, 4.69) is 10.6 Å². The summed E-state index contributed by atoms with van der Waals surface area (Å²) in [4.78, 5) is 23.7. The number of benzene rings is 1. The highest BCUT2D eigenvalue weighted by Gasteiger charge is 2.57. The second-order valence-corrected chi connectivity index (χ2v) is 6.00. The Morgan fingerprint density at radius 1 is 1.29 bits per heavy atom. The number of piperidine rings is 1. The lowest BCUT2D eigenvalue weighted by molar-refractivity contribution is -0.118. The second-order valence-electron chi connectivity index (χ2n) is 6.00. The van der Waals surface area contributed by atoms with Gasteiger partial charge in [-0.2, -0.15) is 0 Å². The lowest BCUT2D eigenvalue weighted by Gasteiger charge is -2.23. The van der Waals surface area contributed by atoms with Crippen molar-refractivity contribution in [3.8, 4) is 0 Å². The first-order chi connectivity index (χ1) is 9.61. The first-order valence-corrected chi connectivity index (χ1v) is 7.23. The van der Waals surface area contributed by atoms with Crippen molar-refractivity contribution in [2.75, 3.05) is 18.4 Å². The molecular formula is C16H21ClN2O2. The minimum absolute atomic E-state index is 0. The average molecular weight is 309 g/mol. The van der Waals surface area contributed by atoms with Crippen molar-refractivity contribution in [3.05, 3.63) is 29.8 Å². The number of carbonyl (C=O) groups is 2. The second kappa shape index (κ2) is 6.16. The van der Waals surface area contributed by atoms with Crippen molar-refractivity contribution >= 4 is 29.8 Å². The number of nitrogens with one attached hydrogen (secondary N) is 2. The van der Waals surface area contributed by atoms with Gasteiger partial charge >= 0.3 is 0 Å². The van der Waals surface area contributed by atoms with Crippen molar-refractivity contribution in [1.29, 1.82) is 0 Å². The summed E-state index contributed by atoms with van der Waals surface area (Å²) in [5.74, 6) is 0.264. The molecule has 0 bridgehead atoms. The standard InChI is InChI=1S/C16H20N2O2.ClH/c1-11(19)12-3-2-4-13(9-12)18-15(20)14-10-16(14)5-7-17-8-6-16;/h2-4,9,14,17H,5-8,10H2,1H3,(H,18,20);1H. The predicted octanol–water partition coefficient (Wildman–Crippen LogP) is 2.64. The van der Waals surface area contributed by atoms with Gasteiger partial charge < -0.3 is 10.6 Å². The van der Waals surface area contributed by atoms with Gasteiger partial charge in [0.2, 0.25) is 5.91 Å². The van der Waals surface area contributed by atoms with E-state index >= 15 is 0 Å². The third-order valence-corrected chi connectivity index (χ3v) is 4.64. The number of hydrogen-bond donors (Lipinski definition) is 2. The molecule has 0 radical (unpaired) electrons. The third-order valence-electron chi connectivity index (χ3n) is 4.64. The van der Waals surface area contributed by atoms with Crippen LogP contribution >= 0.6 is 12.4 Å². The van der Waals surface area contributed by atoms with Crippen LogP contribution in [-0.4, -0.2) is 24.8 Å². The SMILES string of the molecule is CC(=O)c1cccc(NC(=O)C2CC23CCNCC3)c1.Cl. The van der Waals surface area contributed by atoms with Crippen molar-refractivity contribution in [1.82, 2.24) is 5.32 Å². The van der Waals surface area contributed by atoms with Crippen molar-refractivity contribution in [2.45, 2.75) is 26.2 Å². The Kier molecular flexibility index (Phi) is 4.69. The molecule has 1 heterocycles. The summed E-state index contributed by atoms with van der Waals surface area (Å²) in [6, 6.07) is 7.16. The van der Waals surface area contributed by atoms with Crippen LogP contribution in [0, 0.1) is 11.3 Å². The van der Waals surface area contributed by atoms with Crippen LogP contribution < -0.4 is 10.6 Å². The Balaban J connectivity index is 0.00000161. The number of amides is 1. The predicted molar refractivity (Wildman–Crippen MR) is 85.0 cm³/mol. The largest absolute Gasteiger partial charge is 0.326 e. The van der Waals surface area contributed by atoms with E-state index in [0.29, 0.717) is 5.56 Å². The van der Waals surface area contributed by atoms with Crippen LogP contribution in [0.5, 0.6) is 0 Å². The quantitative estimate of drug-likeness (QED) is 0.844. The van der Waals surface area contributed by atoms with Crippen molar-refractivity contribution in [3.63, 3.8) is 0 Å². The maximum Gasteiger partial charge on any atom is 0.228 e. The van der Waals surface area contributed by atoms with E-state index in [1.807, 2.05) is 6.07 Å². The Morgan fingerprint density at radius 2 is 2.00 bits per heavy atom. The van der Waals surface area contributed by atoms with E-state index in [1.54, 1.807) is 18.2 Å². The lowest BCUT2D eigenvalue weighted by atomic mass is 9.92. The summed E-state index contributed by atoms with van der Waals surface area (Å²) in [5, 5.41) is 6.30. The number of carbonyl (C=O) groups excluding carboxylic acids is 2. The highest BCUT2D eigenvalue weighted by molar-refractivity contribution is 5.98. The van der Waals surface area contributed by atoms with Gasteiger partial charge in [0.25, 0.3) is 0 Å². The highest BCUT2D eigenvalue weighted by Crippen LogP contribution is 2.58. The monoisotopic (exact) mass is 308 g/mol. The first-order valence-electron chi connectivity index (χ1n) is 7.23. The number of anilines is 1. The fourth-order valence-electron chi connectivity index (χ4n) is 3.24. The zero-order valence-corrected chi connectivity index (χ0v) is 13.0. The Bertz CT molecular complexity index is 553. The van der Waals surface area contributed by atoms with Gasteiger partial charge in [-0.3, -0.25) is 9.59 Å². The van der Waals surface area contributed by atoms with E-state index in [0.717, 1.165) is 38.0 Å². The van der Waals surface area contributed by atoms with Gasteiger partial charge in [-0.1, -0.05) is 12.1 Å². The molecule has 2 N–H and O–H groups in total. The summed E-state index contributed by atoms with van der Waals surface area (Å²) >= 11 is 0. The fraction of sp³-hybridized carbons (Fsp3) is 0.500. The summed E-state index contributed by atoms with van der Waals surface area (Å²) in [6.07, 6.45) is 3.20. The molecule has 21 heavy (non-hydrogen) atoms. The van der Waals surface area contributed by atoms with Crippen LogP contribution in [0.25, 0.3) is 0 Å². The minimum Gasteiger partial charge on any atom is -0.326 e. The van der Waals surface area contributed by atoms with Gasteiger partial charge in [0, 0.05) is 17.2 Å². The molecule has 1 unspecified atom stereocenters. The number of hydrogen-bond acceptors (Lipinski definition) is 3. The van der Waals surface area contributed by atoms with Crippen LogP contribution in [0.4, 0.5) is 5.69 Å².